The Morgan fingerprint density at radius 1 is 1.35 bits per heavy atom. The molecular formula is C12H18N4O. The van der Waals surface area contributed by atoms with Gasteiger partial charge in [-0.15, -0.1) is 0 Å². The molecule has 5 nitrogen and oxygen atoms in total. The summed E-state index contributed by atoms with van der Waals surface area (Å²) < 4.78 is 0. The molecule has 2 rings (SSSR count). The molecule has 0 unspecified atom stereocenters. The molecule has 0 bridgehead atoms. The number of likely N-dealkylation sites (tertiary alicyclic amines) is 1. The fraction of sp³-hybridized carbons (Fsp3) is 0.583. The maximum absolute atomic E-state index is 12.2. The van der Waals surface area contributed by atoms with E-state index in [-0.39, 0.29) is 17.4 Å². The third kappa shape index (κ3) is 2.72. The minimum absolute atomic E-state index is 0.0929. The van der Waals surface area contributed by atoms with Crippen LogP contribution in [0.15, 0.2) is 12.4 Å². The molecule has 0 aliphatic carbocycles. The van der Waals surface area contributed by atoms with E-state index in [1.807, 2.05) is 4.90 Å². The zero-order chi connectivity index (χ0) is 12.3. The molecule has 0 aromatic carbocycles. The number of hydrogen-bond donors (Lipinski definition) is 1. The van der Waals surface area contributed by atoms with E-state index in [1.165, 1.54) is 18.8 Å². The average Bonchev–Trinajstić information content (AvgIpc) is 2.54. The Kier molecular flexibility index (Phi) is 3.56. The van der Waals surface area contributed by atoms with E-state index in [0.29, 0.717) is 5.92 Å². The first kappa shape index (κ1) is 11.8. The number of hydrogen-bond acceptors (Lipinski definition) is 4. The summed E-state index contributed by atoms with van der Waals surface area (Å²) in [5.74, 6) is 0.812. The third-order valence-electron chi connectivity index (χ3n) is 3.23. The van der Waals surface area contributed by atoms with Crippen molar-refractivity contribution in [1.82, 2.24) is 14.9 Å². The quantitative estimate of drug-likeness (QED) is 0.795. The largest absolute Gasteiger partial charge is 0.382 e. The van der Waals surface area contributed by atoms with Gasteiger partial charge in [-0.25, -0.2) is 9.97 Å². The van der Waals surface area contributed by atoms with Crippen LogP contribution in [0.2, 0.25) is 0 Å². The van der Waals surface area contributed by atoms with Gasteiger partial charge in [0, 0.05) is 25.5 Å². The van der Waals surface area contributed by atoms with E-state index in [1.54, 1.807) is 0 Å². The van der Waals surface area contributed by atoms with E-state index in [2.05, 4.69) is 16.9 Å². The molecule has 0 radical (unpaired) electrons. The number of nitrogens with zero attached hydrogens (tertiary/aromatic N) is 3. The number of nitrogens with two attached hydrogens (primary N) is 1. The smallest absolute Gasteiger partial charge is 0.276 e. The molecule has 1 saturated heterocycles. The van der Waals surface area contributed by atoms with Gasteiger partial charge in [-0.3, -0.25) is 4.79 Å². The number of carbonyl (C=O) groups is 1. The summed E-state index contributed by atoms with van der Waals surface area (Å²) in [5, 5.41) is 0. The van der Waals surface area contributed by atoms with Gasteiger partial charge in [0.1, 0.15) is 0 Å². The summed E-state index contributed by atoms with van der Waals surface area (Å²) in [4.78, 5) is 22.0. The highest BCUT2D eigenvalue weighted by molar-refractivity contribution is 5.96. The predicted octanol–water partition coefficient (Wildman–Crippen LogP) is 1.32. The maximum atomic E-state index is 12.2. The molecule has 2 heterocycles. The van der Waals surface area contributed by atoms with Gasteiger partial charge in [-0.1, -0.05) is 6.92 Å². The lowest BCUT2D eigenvalue weighted by Crippen LogP contribution is -2.33. The lowest BCUT2D eigenvalue weighted by molar-refractivity contribution is 0.0755. The van der Waals surface area contributed by atoms with Gasteiger partial charge < -0.3 is 10.6 Å². The zero-order valence-corrected chi connectivity index (χ0v) is 10.1. The van der Waals surface area contributed by atoms with E-state index >= 15 is 0 Å². The van der Waals surface area contributed by atoms with Crippen LogP contribution in [0.4, 0.5) is 5.82 Å². The molecule has 1 amide bonds. The van der Waals surface area contributed by atoms with Crippen LogP contribution in [0.3, 0.4) is 0 Å². The minimum atomic E-state index is -0.0929. The van der Waals surface area contributed by atoms with E-state index in [0.717, 1.165) is 25.9 Å². The molecule has 1 fully saturated rings. The van der Waals surface area contributed by atoms with E-state index in [4.69, 9.17) is 5.73 Å². The summed E-state index contributed by atoms with van der Waals surface area (Å²) >= 11 is 0. The first-order valence-electron chi connectivity index (χ1n) is 6.04. The van der Waals surface area contributed by atoms with Crippen molar-refractivity contribution >= 4 is 11.7 Å². The van der Waals surface area contributed by atoms with Crippen LogP contribution in [0, 0.1) is 5.92 Å². The molecule has 5 heteroatoms. The second-order valence-electron chi connectivity index (χ2n) is 4.62. The minimum Gasteiger partial charge on any atom is -0.382 e. The SMILES string of the molecule is C[C@H]1CCCN(C(=O)c2nccnc2N)CC1. The van der Waals surface area contributed by atoms with Gasteiger partial charge in [0.05, 0.1) is 0 Å². The molecule has 0 saturated carbocycles. The van der Waals surface area contributed by atoms with Crippen LogP contribution >= 0.6 is 0 Å². The van der Waals surface area contributed by atoms with Crippen molar-refractivity contribution < 1.29 is 4.79 Å². The van der Waals surface area contributed by atoms with Gasteiger partial charge in [-0.2, -0.15) is 0 Å². The van der Waals surface area contributed by atoms with Crippen molar-refractivity contribution in [2.24, 2.45) is 5.92 Å². The molecule has 0 spiro atoms. The van der Waals surface area contributed by atoms with Crippen LogP contribution in [-0.2, 0) is 0 Å². The van der Waals surface area contributed by atoms with Gasteiger partial charge in [0.15, 0.2) is 11.5 Å². The highest BCUT2D eigenvalue weighted by Crippen LogP contribution is 2.18. The van der Waals surface area contributed by atoms with E-state index < -0.39 is 0 Å². The number of aromatic nitrogens is 2. The average molecular weight is 234 g/mol. The Morgan fingerprint density at radius 2 is 2.12 bits per heavy atom. The number of carbonyl (C=O) groups excluding carboxylic acids is 1. The highest BCUT2D eigenvalue weighted by atomic mass is 16.2. The molecular weight excluding hydrogens is 216 g/mol. The summed E-state index contributed by atoms with van der Waals surface area (Å²) in [7, 11) is 0. The molecule has 92 valence electrons. The fourth-order valence-electron chi connectivity index (χ4n) is 2.13. The molecule has 1 aliphatic rings. The highest BCUT2D eigenvalue weighted by Gasteiger charge is 2.22. The molecule has 17 heavy (non-hydrogen) atoms. The standard InChI is InChI=1S/C12H18N4O/c1-9-3-2-7-16(8-4-9)12(17)10-11(13)15-6-5-14-10/h5-6,9H,2-4,7-8H2,1H3,(H2,13,15)/t9-/m0/s1. The van der Waals surface area contributed by atoms with Crippen LogP contribution in [0.5, 0.6) is 0 Å². The molecule has 1 aromatic heterocycles. The normalized spacial score (nSPS) is 21.0. The first-order chi connectivity index (χ1) is 8.18. The number of rotatable bonds is 1. The Morgan fingerprint density at radius 3 is 2.88 bits per heavy atom. The van der Waals surface area contributed by atoms with Crippen LogP contribution in [-0.4, -0.2) is 33.9 Å². The topological polar surface area (TPSA) is 72.1 Å². The van der Waals surface area contributed by atoms with Crippen LogP contribution < -0.4 is 5.73 Å². The van der Waals surface area contributed by atoms with Crippen molar-refractivity contribution in [3.63, 3.8) is 0 Å². The Balaban J connectivity index is 2.12. The van der Waals surface area contributed by atoms with Gasteiger partial charge in [-0.05, 0) is 25.2 Å². The molecule has 1 atom stereocenters. The monoisotopic (exact) mass is 234 g/mol. The lowest BCUT2D eigenvalue weighted by atomic mass is 10.0. The maximum Gasteiger partial charge on any atom is 0.276 e. The third-order valence-corrected chi connectivity index (χ3v) is 3.23. The molecule has 1 aliphatic heterocycles. The first-order valence-corrected chi connectivity index (χ1v) is 6.04. The van der Waals surface area contributed by atoms with Gasteiger partial charge >= 0.3 is 0 Å². The molecule has 2 N–H and O–H groups in total. The zero-order valence-electron chi connectivity index (χ0n) is 10.1. The predicted molar refractivity (Wildman–Crippen MR) is 65.4 cm³/mol. The second-order valence-corrected chi connectivity index (χ2v) is 4.62. The van der Waals surface area contributed by atoms with Crippen LogP contribution in [0.1, 0.15) is 36.7 Å². The number of amides is 1. The van der Waals surface area contributed by atoms with Crippen molar-refractivity contribution in [3.8, 4) is 0 Å². The van der Waals surface area contributed by atoms with Crippen molar-refractivity contribution in [2.75, 3.05) is 18.8 Å². The van der Waals surface area contributed by atoms with Crippen LogP contribution in [0.25, 0.3) is 0 Å². The summed E-state index contributed by atoms with van der Waals surface area (Å²) in [6, 6.07) is 0. The number of nitrogen functional groups attached to an aromatic ring is 1. The molecule has 1 aromatic rings. The Labute approximate surface area is 101 Å². The Bertz CT molecular complexity index is 407. The summed E-state index contributed by atoms with van der Waals surface area (Å²) in [6.45, 7) is 3.81. The van der Waals surface area contributed by atoms with Gasteiger partial charge in [0.2, 0.25) is 0 Å². The van der Waals surface area contributed by atoms with Crippen molar-refractivity contribution in [2.45, 2.75) is 26.2 Å². The number of anilines is 1. The summed E-state index contributed by atoms with van der Waals surface area (Å²) in [6.07, 6.45) is 6.28. The Hall–Kier alpha value is -1.65. The second kappa shape index (κ2) is 5.12. The van der Waals surface area contributed by atoms with Gasteiger partial charge in [0.25, 0.3) is 5.91 Å². The van der Waals surface area contributed by atoms with E-state index in [9.17, 15) is 4.79 Å². The van der Waals surface area contributed by atoms with Crippen molar-refractivity contribution in [1.29, 1.82) is 0 Å². The fourth-order valence-corrected chi connectivity index (χ4v) is 2.13. The summed E-state index contributed by atoms with van der Waals surface area (Å²) in [5.41, 5.74) is 5.95. The van der Waals surface area contributed by atoms with Crippen molar-refractivity contribution in [3.05, 3.63) is 18.1 Å². The lowest BCUT2D eigenvalue weighted by Gasteiger charge is -2.20.